The Morgan fingerprint density at radius 2 is 1.58 bits per heavy atom. The Morgan fingerprint density at radius 3 is 2.12 bits per heavy atom. The van der Waals surface area contributed by atoms with Crippen molar-refractivity contribution in [2.75, 3.05) is 6.61 Å². The minimum absolute atomic E-state index is 0.00664. The van der Waals surface area contributed by atoms with Gasteiger partial charge in [0.25, 0.3) is 0 Å². The molecule has 6 N–H and O–H groups in total. The van der Waals surface area contributed by atoms with Gasteiger partial charge in [-0.3, -0.25) is 9.59 Å². The van der Waals surface area contributed by atoms with Crippen LogP contribution in [0.25, 0.3) is 12.2 Å². The number of rotatable bonds is 11. The summed E-state index contributed by atoms with van der Waals surface area (Å²) in [5.74, 6) is -0.417. The van der Waals surface area contributed by atoms with E-state index in [4.69, 9.17) is 9.73 Å². The largest absolute Gasteiger partial charge is 0.481 e. The molecular weight excluding hydrogens is 548 g/mol. The molecule has 2 aromatic heterocycles. The number of H-pyrrole nitrogens is 2. The van der Waals surface area contributed by atoms with Crippen molar-refractivity contribution in [1.29, 1.82) is 0 Å². The molecule has 3 aliphatic heterocycles. The summed E-state index contributed by atoms with van der Waals surface area (Å²) in [6.45, 7) is 12.5. The molecule has 43 heavy (non-hydrogen) atoms. The van der Waals surface area contributed by atoms with Crippen LogP contribution in [-0.2, 0) is 33.6 Å². The van der Waals surface area contributed by atoms with E-state index in [2.05, 4.69) is 28.8 Å². The fraction of sp³-hybridized carbons (Fsp3) is 0.424. The SMILES string of the molecule is C=CC1=C(C)C(O)N/C1=C/c1[nH]c(Cc2[nH]c(/C=C3/N=C4OCCC4C3C)c(C)c2CCC(=O)O)c(CCC(=O)O)c1C. The molecule has 0 spiro atoms. The van der Waals surface area contributed by atoms with Crippen molar-refractivity contribution in [2.45, 2.75) is 72.4 Å². The van der Waals surface area contributed by atoms with E-state index in [1.807, 2.05) is 32.9 Å². The van der Waals surface area contributed by atoms with E-state index in [0.29, 0.717) is 31.8 Å². The number of ether oxygens (including phenoxy) is 1. The van der Waals surface area contributed by atoms with Crippen molar-refractivity contribution in [3.05, 3.63) is 80.2 Å². The monoisotopic (exact) mass is 588 g/mol. The average molecular weight is 589 g/mol. The second kappa shape index (κ2) is 12.1. The van der Waals surface area contributed by atoms with Crippen LogP contribution in [0.4, 0.5) is 0 Å². The van der Waals surface area contributed by atoms with Crippen molar-refractivity contribution < 1.29 is 29.6 Å². The third-order valence-electron chi connectivity index (χ3n) is 9.05. The van der Waals surface area contributed by atoms with Gasteiger partial charge >= 0.3 is 11.9 Å². The highest BCUT2D eigenvalue weighted by molar-refractivity contribution is 5.86. The Kier molecular flexibility index (Phi) is 8.50. The lowest BCUT2D eigenvalue weighted by atomic mass is 9.92. The molecule has 0 saturated carbocycles. The number of hydrogen-bond donors (Lipinski definition) is 6. The summed E-state index contributed by atoms with van der Waals surface area (Å²) < 4.78 is 5.71. The average Bonchev–Trinajstić information content (AvgIpc) is 3.72. The molecule has 3 aliphatic rings. The standard InChI is InChI=1S/C33H40N4O6/c1-6-20-19(5)32(42)36-27(20)14-25-17(3)22(8-10-31(40)41)29(35-25)15-28-21(7-9-30(38)39)16(2)24(34-28)13-26-18(4)23-11-12-43-33(23)37-26/h6,13-14,18,23,32,34-36,42H,1,7-12,15H2,2-5H3,(H,38,39)(H,40,41)/b26-13+,27-14+. The number of hydrogen-bond acceptors (Lipinski definition) is 6. The molecule has 0 radical (unpaired) electrons. The van der Waals surface area contributed by atoms with Gasteiger partial charge in [-0.1, -0.05) is 19.6 Å². The first-order valence-corrected chi connectivity index (χ1v) is 14.8. The van der Waals surface area contributed by atoms with Gasteiger partial charge in [0.1, 0.15) is 6.23 Å². The van der Waals surface area contributed by atoms with E-state index in [1.165, 1.54) is 0 Å². The number of aliphatic hydroxyl groups excluding tert-OH is 1. The second-order valence-corrected chi connectivity index (χ2v) is 11.7. The minimum atomic E-state index is -0.882. The molecule has 10 nitrogen and oxygen atoms in total. The summed E-state index contributed by atoms with van der Waals surface area (Å²) in [7, 11) is 0. The van der Waals surface area contributed by atoms with E-state index >= 15 is 0 Å². The molecule has 2 aromatic rings. The highest BCUT2D eigenvalue weighted by Gasteiger charge is 2.37. The molecule has 10 heteroatoms. The Bertz CT molecular complexity index is 1600. The fourth-order valence-electron chi connectivity index (χ4n) is 6.42. The Balaban J connectivity index is 1.55. The number of nitrogens with one attached hydrogen (secondary N) is 3. The topological polar surface area (TPSA) is 160 Å². The lowest BCUT2D eigenvalue weighted by molar-refractivity contribution is -0.138. The van der Waals surface area contributed by atoms with E-state index in [9.17, 15) is 24.9 Å². The van der Waals surface area contributed by atoms with Gasteiger partial charge < -0.3 is 35.3 Å². The number of carboxylic acid groups (broad SMARTS) is 2. The van der Waals surface area contributed by atoms with Crippen LogP contribution < -0.4 is 5.32 Å². The predicted molar refractivity (Wildman–Crippen MR) is 164 cm³/mol. The summed E-state index contributed by atoms with van der Waals surface area (Å²) >= 11 is 0. The number of aliphatic hydroxyl groups is 1. The highest BCUT2D eigenvalue weighted by Crippen LogP contribution is 2.38. The first kappa shape index (κ1) is 30.2. The first-order valence-electron chi connectivity index (χ1n) is 14.8. The van der Waals surface area contributed by atoms with Crippen LogP contribution in [0.1, 0.15) is 78.1 Å². The number of fused-ring (bicyclic) bond motifs is 1. The van der Waals surface area contributed by atoms with Crippen LogP contribution in [0, 0.1) is 25.7 Å². The predicted octanol–water partition coefficient (Wildman–Crippen LogP) is 4.78. The Morgan fingerprint density at radius 1 is 1.00 bits per heavy atom. The molecule has 0 aromatic carbocycles. The maximum atomic E-state index is 11.6. The number of aromatic amines is 2. The number of aliphatic carboxylic acids is 2. The number of allylic oxidation sites excluding steroid dienone is 2. The van der Waals surface area contributed by atoms with Crippen LogP contribution in [0.3, 0.4) is 0 Å². The normalized spacial score (nSPS) is 23.1. The maximum absolute atomic E-state index is 11.6. The van der Waals surface area contributed by atoms with Crippen molar-refractivity contribution >= 4 is 30.0 Å². The van der Waals surface area contributed by atoms with Crippen LogP contribution in [-0.4, -0.2) is 56.0 Å². The van der Waals surface area contributed by atoms with E-state index in [-0.39, 0.29) is 18.8 Å². The molecule has 1 fully saturated rings. The number of aromatic nitrogens is 2. The van der Waals surface area contributed by atoms with Gasteiger partial charge in [-0.15, -0.1) is 0 Å². The lowest BCUT2D eigenvalue weighted by Gasteiger charge is -2.09. The summed E-state index contributed by atoms with van der Waals surface area (Å²) in [6, 6.07) is 0. The fourth-order valence-corrected chi connectivity index (χ4v) is 6.42. The zero-order chi connectivity index (χ0) is 31.0. The summed E-state index contributed by atoms with van der Waals surface area (Å²) in [5, 5.41) is 32.3. The van der Waals surface area contributed by atoms with Gasteiger partial charge in [0, 0.05) is 70.8 Å². The Hall–Kier alpha value is -4.31. The number of nitrogens with zero attached hydrogens (tertiary/aromatic N) is 1. The smallest absolute Gasteiger partial charge is 0.303 e. The molecule has 228 valence electrons. The van der Waals surface area contributed by atoms with Gasteiger partial charge in [0.15, 0.2) is 5.90 Å². The molecular formula is C33H40N4O6. The maximum Gasteiger partial charge on any atom is 0.303 e. The van der Waals surface area contributed by atoms with Crippen LogP contribution >= 0.6 is 0 Å². The van der Waals surface area contributed by atoms with Gasteiger partial charge in [0.05, 0.1) is 6.61 Å². The van der Waals surface area contributed by atoms with Crippen molar-refractivity contribution in [3.8, 4) is 0 Å². The molecule has 5 rings (SSSR count). The first-order chi connectivity index (χ1) is 20.5. The molecule has 0 amide bonds. The van der Waals surface area contributed by atoms with Gasteiger partial charge in [0.2, 0.25) is 0 Å². The molecule has 0 bridgehead atoms. The molecule has 0 aliphatic carbocycles. The lowest BCUT2D eigenvalue weighted by Crippen LogP contribution is -2.22. The van der Waals surface area contributed by atoms with E-state index in [0.717, 1.165) is 79.9 Å². The van der Waals surface area contributed by atoms with Crippen molar-refractivity contribution in [2.24, 2.45) is 16.8 Å². The minimum Gasteiger partial charge on any atom is -0.481 e. The summed E-state index contributed by atoms with van der Waals surface area (Å²) in [4.78, 5) is 34.9. The number of aliphatic imine (C=N–C) groups is 1. The van der Waals surface area contributed by atoms with Crippen LogP contribution in [0.2, 0.25) is 0 Å². The zero-order valence-electron chi connectivity index (χ0n) is 25.1. The third kappa shape index (κ3) is 5.97. The molecule has 5 heterocycles. The molecule has 3 unspecified atom stereocenters. The number of carbonyl (C=O) groups is 2. The third-order valence-corrected chi connectivity index (χ3v) is 9.05. The van der Waals surface area contributed by atoms with Crippen LogP contribution in [0.15, 0.2) is 40.2 Å². The number of carboxylic acids is 2. The van der Waals surface area contributed by atoms with Crippen molar-refractivity contribution in [1.82, 2.24) is 15.3 Å². The van der Waals surface area contributed by atoms with Gasteiger partial charge in [-0.05, 0) is 80.0 Å². The van der Waals surface area contributed by atoms with Crippen LogP contribution in [0.5, 0.6) is 0 Å². The summed E-state index contributed by atoms with van der Waals surface area (Å²) in [5.41, 5.74) is 10.5. The molecule has 3 atom stereocenters. The van der Waals surface area contributed by atoms with E-state index < -0.39 is 18.2 Å². The molecule has 1 saturated heterocycles. The van der Waals surface area contributed by atoms with Gasteiger partial charge in [-0.25, -0.2) is 4.99 Å². The Labute approximate surface area is 251 Å². The quantitative estimate of drug-likeness (QED) is 0.220. The van der Waals surface area contributed by atoms with Crippen molar-refractivity contribution in [3.63, 3.8) is 0 Å². The zero-order valence-corrected chi connectivity index (χ0v) is 25.1. The van der Waals surface area contributed by atoms with E-state index in [1.54, 1.807) is 6.08 Å². The highest BCUT2D eigenvalue weighted by atomic mass is 16.5. The van der Waals surface area contributed by atoms with Gasteiger partial charge in [-0.2, -0.15) is 0 Å². The summed E-state index contributed by atoms with van der Waals surface area (Å²) in [6.07, 6.45) is 6.94. The second-order valence-electron chi connectivity index (χ2n) is 11.7.